The summed E-state index contributed by atoms with van der Waals surface area (Å²) in [4.78, 5) is 31.9. The third-order valence-electron chi connectivity index (χ3n) is 4.67. The minimum atomic E-state index is -4.62. The van der Waals surface area contributed by atoms with Gasteiger partial charge in [-0.2, -0.15) is 13.2 Å². The number of rotatable bonds is 8. The van der Waals surface area contributed by atoms with Crippen LogP contribution >= 0.6 is 0 Å². The van der Waals surface area contributed by atoms with Gasteiger partial charge in [0.2, 0.25) is 5.91 Å². The van der Waals surface area contributed by atoms with E-state index in [0.29, 0.717) is 5.56 Å². The molecule has 34 heavy (non-hydrogen) atoms. The van der Waals surface area contributed by atoms with Crippen molar-refractivity contribution in [1.82, 2.24) is 20.6 Å². The molecule has 11 heteroatoms. The van der Waals surface area contributed by atoms with Crippen LogP contribution in [-0.4, -0.2) is 34.9 Å². The SMILES string of the molecule is COc1ccc(Oc2ccc(CNC(=O)[C@@H](C)NC(=O)c3cncnc3)cc2)c(C(F)(F)F)c1. The minimum absolute atomic E-state index is 0.0632. The number of benzene rings is 2. The molecule has 0 fully saturated rings. The minimum Gasteiger partial charge on any atom is -0.497 e. The number of methoxy groups -OCH3 is 1. The van der Waals surface area contributed by atoms with Crippen molar-refractivity contribution in [2.24, 2.45) is 0 Å². The first-order chi connectivity index (χ1) is 16.2. The first-order valence-corrected chi connectivity index (χ1v) is 10.0. The standard InChI is InChI=1S/C23H21F3N4O4/c1-14(30-22(32)16-11-27-13-28-12-16)21(31)29-10-15-3-5-17(6-4-15)34-20-8-7-18(33-2)9-19(20)23(24,25)26/h3-9,11-14H,10H2,1-2H3,(H,29,31)(H,30,32)/t14-/m1/s1. The molecule has 1 atom stereocenters. The largest absolute Gasteiger partial charge is 0.497 e. The fraction of sp³-hybridized carbons (Fsp3) is 0.217. The molecule has 0 saturated heterocycles. The maximum Gasteiger partial charge on any atom is 0.420 e. The molecule has 0 aliphatic heterocycles. The van der Waals surface area contributed by atoms with Crippen molar-refractivity contribution in [1.29, 1.82) is 0 Å². The Balaban J connectivity index is 1.57. The number of carbonyl (C=O) groups is 2. The topological polar surface area (TPSA) is 102 Å². The van der Waals surface area contributed by atoms with Crippen molar-refractivity contribution < 1.29 is 32.2 Å². The van der Waals surface area contributed by atoms with E-state index in [4.69, 9.17) is 9.47 Å². The van der Waals surface area contributed by atoms with Gasteiger partial charge < -0.3 is 20.1 Å². The molecule has 3 aromatic rings. The number of hydrogen-bond acceptors (Lipinski definition) is 6. The fourth-order valence-electron chi connectivity index (χ4n) is 2.85. The highest BCUT2D eigenvalue weighted by molar-refractivity contribution is 5.96. The molecule has 0 spiro atoms. The van der Waals surface area contributed by atoms with Gasteiger partial charge in [-0.15, -0.1) is 0 Å². The number of nitrogens with zero attached hydrogens (tertiary/aromatic N) is 2. The van der Waals surface area contributed by atoms with E-state index in [0.717, 1.165) is 6.07 Å². The highest BCUT2D eigenvalue weighted by Crippen LogP contribution is 2.40. The van der Waals surface area contributed by atoms with Crippen molar-refractivity contribution >= 4 is 11.8 Å². The molecule has 8 nitrogen and oxygen atoms in total. The van der Waals surface area contributed by atoms with Gasteiger partial charge in [-0.3, -0.25) is 9.59 Å². The Morgan fingerprint density at radius 2 is 1.68 bits per heavy atom. The second kappa shape index (κ2) is 10.6. The molecule has 0 aliphatic carbocycles. The van der Waals surface area contributed by atoms with Gasteiger partial charge in [0.15, 0.2) is 0 Å². The van der Waals surface area contributed by atoms with Crippen molar-refractivity contribution in [3.8, 4) is 17.2 Å². The highest BCUT2D eigenvalue weighted by atomic mass is 19.4. The van der Waals surface area contributed by atoms with Crippen LogP contribution in [-0.2, 0) is 17.5 Å². The Kier molecular flexibility index (Phi) is 7.67. The Hall–Kier alpha value is -4.15. The molecular weight excluding hydrogens is 453 g/mol. The van der Waals surface area contributed by atoms with Gasteiger partial charge in [0.05, 0.1) is 12.7 Å². The number of alkyl halides is 3. The van der Waals surface area contributed by atoms with E-state index in [1.807, 2.05) is 0 Å². The van der Waals surface area contributed by atoms with Crippen LogP contribution in [0.3, 0.4) is 0 Å². The predicted molar refractivity (Wildman–Crippen MR) is 115 cm³/mol. The first kappa shape index (κ1) is 24.5. The lowest BCUT2D eigenvalue weighted by atomic mass is 10.1. The van der Waals surface area contributed by atoms with E-state index in [2.05, 4.69) is 20.6 Å². The second-order valence-corrected chi connectivity index (χ2v) is 7.15. The number of halogens is 3. The molecule has 178 valence electrons. The molecule has 0 aliphatic rings. The zero-order chi connectivity index (χ0) is 24.7. The van der Waals surface area contributed by atoms with Gasteiger partial charge in [-0.05, 0) is 42.8 Å². The van der Waals surface area contributed by atoms with Crippen LogP contribution in [0, 0.1) is 0 Å². The summed E-state index contributed by atoms with van der Waals surface area (Å²) in [5, 5.41) is 5.22. The lowest BCUT2D eigenvalue weighted by Gasteiger charge is -2.15. The number of amides is 2. The predicted octanol–water partition coefficient (Wildman–Crippen LogP) is 3.73. The van der Waals surface area contributed by atoms with E-state index < -0.39 is 29.6 Å². The van der Waals surface area contributed by atoms with Gasteiger partial charge in [0, 0.05) is 18.9 Å². The Morgan fingerprint density at radius 1 is 1.03 bits per heavy atom. The highest BCUT2D eigenvalue weighted by Gasteiger charge is 2.35. The summed E-state index contributed by atoms with van der Waals surface area (Å²) in [5.74, 6) is -1.01. The zero-order valence-electron chi connectivity index (χ0n) is 18.2. The molecule has 0 saturated carbocycles. The van der Waals surface area contributed by atoms with Crippen LogP contribution in [0.15, 0.2) is 61.2 Å². The first-order valence-electron chi connectivity index (χ1n) is 10.0. The third kappa shape index (κ3) is 6.44. The molecule has 1 heterocycles. The molecular formula is C23H21F3N4O4. The monoisotopic (exact) mass is 474 g/mol. The number of hydrogen-bond donors (Lipinski definition) is 2. The van der Waals surface area contributed by atoms with E-state index in [9.17, 15) is 22.8 Å². The Bertz CT molecular complexity index is 1140. The van der Waals surface area contributed by atoms with E-state index in [1.54, 1.807) is 12.1 Å². The van der Waals surface area contributed by atoms with Crippen LogP contribution < -0.4 is 20.1 Å². The summed E-state index contributed by atoms with van der Waals surface area (Å²) >= 11 is 0. The van der Waals surface area contributed by atoms with Crippen LogP contribution in [0.4, 0.5) is 13.2 Å². The average molecular weight is 474 g/mol. The molecule has 2 N–H and O–H groups in total. The molecule has 1 aromatic heterocycles. The molecule has 0 radical (unpaired) electrons. The van der Waals surface area contributed by atoms with E-state index >= 15 is 0 Å². The molecule has 2 aromatic carbocycles. The van der Waals surface area contributed by atoms with Gasteiger partial charge in [0.25, 0.3) is 5.91 Å². The maximum absolute atomic E-state index is 13.3. The van der Waals surface area contributed by atoms with Crippen LogP contribution in [0.2, 0.25) is 0 Å². The average Bonchev–Trinajstić information content (AvgIpc) is 2.83. The third-order valence-corrected chi connectivity index (χ3v) is 4.67. The quantitative estimate of drug-likeness (QED) is 0.516. The Morgan fingerprint density at radius 3 is 2.29 bits per heavy atom. The molecule has 0 unspecified atom stereocenters. The molecule has 3 rings (SSSR count). The summed E-state index contributed by atoms with van der Waals surface area (Å²) < 4.78 is 50.3. The molecule has 2 amide bonds. The van der Waals surface area contributed by atoms with Crippen molar-refractivity contribution in [2.75, 3.05) is 7.11 Å². The lowest BCUT2D eigenvalue weighted by Crippen LogP contribution is -2.44. The van der Waals surface area contributed by atoms with Crippen molar-refractivity contribution in [3.63, 3.8) is 0 Å². The zero-order valence-corrected chi connectivity index (χ0v) is 18.2. The lowest BCUT2D eigenvalue weighted by molar-refractivity contribution is -0.138. The summed E-state index contributed by atoms with van der Waals surface area (Å²) in [6.07, 6.45) is -0.663. The van der Waals surface area contributed by atoms with Crippen LogP contribution in [0.25, 0.3) is 0 Å². The van der Waals surface area contributed by atoms with E-state index in [-0.39, 0.29) is 29.4 Å². The van der Waals surface area contributed by atoms with Gasteiger partial charge >= 0.3 is 6.18 Å². The second-order valence-electron chi connectivity index (χ2n) is 7.15. The Labute approximate surface area is 193 Å². The number of ether oxygens (including phenoxy) is 2. The van der Waals surface area contributed by atoms with Crippen LogP contribution in [0.5, 0.6) is 17.2 Å². The van der Waals surface area contributed by atoms with Crippen molar-refractivity contribution in [3.05, 3.63) is 77.9 Å². The fourth-order valence-corrected chi connectivity index (χ4v) is 2.85. The number of nitrogens with one attached hydrogen (secondary N) is 2. The summed E-state index contributed by atoms with van der Waals surface area (Å²) in [6.45, 7) is 1.67. The number of aromatic nitrogens is 2. The summed E-state index contributed by atoms with van der Waals surface area (Å²) in [7, 11) is 1.28. The van der Waals surface area contributed by atoms with Crippen molar-refractivity contribution in [2.45, 2.75) is 25.7 Å². The van der Waals surface area contributed by atoms with E-state index in [1.165, 1.54) is 57.0 Å². The smallest absolute Gasteiger partial charge is 0.420 e. The van der Waals surface area contributed by atoms with Gasteiger partial charge in [-0.25, -0.2) is 9.97 Å². The number of carbonyl (C=O) groups excluding carboxylic acids is 2. The summed E-state index contributed by atoms with van der Waals surface area (Å²) in [5.41, 5.74) is -0.0500. The molecule has 0 bridgehead atoms. The summed E-state index contributed by atoms with van der Waals surface area (Å²) in [6, 6.07) is 8.81. The van der Waals surface area contributed by atoms with Gasteiger partial charge in [0.1, 0.15) is 35.2 Å². The van der Waals surface area contributed by atoms with Gasteiger partial charge in [-0.1, -0.05) is 12.1 Å². The van der Waals surface area contributed by atoms with Crippen LogP contribution in [0.1, 0.15) is 28.4 Å². The normalized spacial score (nSPS) is 11.9. The maximum atomic E-state index is 13.3.